The second-order valence-electron chi connectivity index (χ2n) is 15.6. The average Bonchev–Trinajstić information content (AvgIpc) is 3.87. The fourth-order valence-corrected chi connectivity index (χ4v) is 9.07. The maximum Gasteiger partial charge on any atom is 0.164 e. The molecule has 0 amide bonds. The van der Waals surface area contributed by atoms with Crippen molar-refractivity contribution in [3.8, 4) is 67.8 Å². The summed E-state index contributed by atoms with van der Waals surface area (Å²) in [5, 5.41) is 4.85. The smallest absolute Gasteiger partial charge is 0.164 e. The number of fused-ring (bicyclic) bond motifs is 6. The second kappa shape index (κ2) is 14.7. The van der Waals surface area contributed by atoms with E-state index in [9.17, 15) is 0 Å². The summed E-state index contributed by atoms with van der Waals surface area (Å²) < 4.78 is 4.78. The van der Waals surface area contributed by atoms with E-state index in [-0.39, 0.29) is 0 Å². The molecule has 0 aliphatic heterocycles. The molecule has 62 heavy (non-hydrogen) atoms. The summed E-state index contributed by atoms with van der Waals surface area (Å²) in [6.45, 7) is 0. The molecule has 3 aromatic heterocycles. The highest BCUT2D eigenvalue weighted by Crippen LogP contribution is 2.41. The Morgan fingerprint density at radius 2 is 0.661 bits per heavy atom. The van der Waals surface area contributed by atoms with Crippen molar-refractivity contribution in [1.29, 1.82) is 0 Å². The Morgan fingerprint density at radius 1 is 0.258 bits per heavy atom. The molecule has 0 saturated heterocycles. The normalized spacial score (nSPS) is 11.5. The fraction of sp³-hybridized carbons (Fsp3) is 0. The molecule has 0 fully saturated rings. The van der Waals surface area contributed by atoms with E-state index in [1.807, 2.05) is 60.7 Å². The highest BCUT2D eigenvalue weighted by atomic mass is 15.0. The first-order chi connectivity index (χ1) is 30.7. The predicted octanol–water partition coefficient (Wildman–Crippen LogP) is 14.4. The van der Waals surface area contributed by atoms with Gasteiger partial charge < -0.3 is 9.13 Å². The maximum absolute atomic E-state index is 5.12. The van der Waals surface area contributed by atoms with Gasteiger partial charge in [0.15, 0.2) is 17.5 Å². The van der Waals surface area contributed by atoms with E-state index in [0.29, 0.717) is 17.5 Å². The molecule has 0 spiro atoms. The van der Waals surface area contributed by atoms with Crippen LogP contribution in [0, 0.1) is 0 Å². The molecular formula is C57H37N5. The van der Waals surface area contributed by atoms with Crippen molar-refractivity contribution in [2.75, 3.05) is 0 Å². The number of nitrogens with zero attached hydrogens (tertiary/aromatic N) is 5. The first-order valence-corrected chi connectivity index (χ1v) is 20.9. The van der Waals surface area contributed by atoms with E-state index in [2.05, 4.69) is 173 Å². The van der Waals surface area contributed by atoms with Gasteiger partial charge in [0.1, 0.15) is 0 Å². The average molecular weight is 792 g/mol. The number of hydrogen-bond donors (Lipinski definition) is 0. The molecule has 0 bridgehead atoms. The largest absolute Gasteiger partial charge is 0.309 e. The molecule has 0 aliphatic carbocycles. The van der Waals surface area contributed by atoms with Crippen LogP contribution in [0.3, 0.4) is 0 Å². The van der Waals surface area contributed by atoms with E-state index in [0.717, 1.165) is 50.2 Å². The quantitative estimate of drug-likeness (QED) is 0.162. The number of rotatable bonds is 7. The van der Waals surface area contributed by atoms with Crippen LogP contribution in [0.1, 0.15) is 0 Å². The number of aromatic nitrogens is 5. The van der Waals surface area contributed by atoms with Crippen molar-refractivity contribution in [3.63, 3.8) is 0 Å². The van der Waals surface area contributed by atoms with Gasteiger partial charge in [0.2, 0.25) is 0 Å². The van der Waals surface area contributed by atoms with Gasteiger partial charge in [-0.1, -0.05) is 170 Å². The van der Waals surface area contributed by atoms with Crippen molar-refractivity contribution in [1.82, 2.24) is 24.1 Å². The van der Waals surface area contributed by atoms with Crippen LogP contribution in [-0.4, -0.2) is 24.1 Å². The lowest BCUT2D eigenvalue weighted by atomic mass is 10.00. The van der Waals surface area contributed by atoms with Crippen LogP contribution < -0.4 is 0 Å². The summed E-state index contributed by atoms with van der Waals surface area (Å²) in [6, 6.07) is 79.4. The molecule has 290 valence electrons. The molecule has 12 rings (SSSR count). The van der Waals surface area contributed by atoms with E-state index < -0.39 is 0 Å². The monoisotopic (exact) mass is 791 g/mol. The Balaban J connectivity index is 1.05. The topological polar surface area (TPSA) is 48.5 Å². The van der Waals surface area contributed by atoms with Crippen molar-refractivity contribution in [2.24, 2.45) is 0 Å². The van der Waals surface area contributed by atoms with Gasteiger partial charge in [-0.3, -0.25) is 0 Å². The van der Waals surface area contributed by atoms with Gasteiger partial charge in [0, 0.05) is 49.5 Å². The number of para-hydroxylation sites is 3. The molecule has 0 atom stereocenters. The fourth-order valence-electron chi connectivity index (χ4n) is 9.07. The molecule has 5 nitrogen and oxygen atoms in total. The lowest BCUT2D eigenvalue weighted by Gasteiger charge is -2.16. The molecule has 3 heterocycles. The van der Waals surface area contributed by atoms with Gasteiger partial charge in [-0.15, -0.1) is 0 Å². The lowest BCUT2D eigenvalue weighted by Crippen LogP contribution is -2.02. The first kappa shape index (κ1) is 35.5. The van der Waals surface area contributed by atoms with Gasteiger partial charge in [0.25, 0.3) is 0 Å². The molecular weight excluding hydrogens is 755 g/mol. The molecule has 0 radical (unpaired) electrons. The van der Waals surface area contributed by atoms with Crippen LogP contribution >= 0.6 is 0 Å². The summed E-state index contributed by atoms with van der Waals surface area (Å²) in [4.78, 5) is 15.2. The minimum Gasteiger partial charge on any atom is -0.309 e. The van der Waals surface area contributed by atoms with Crippen molar-refractivity contribution in [2.45, 2.75) is 0 Å². The van der Waals surface area contributed by atoms with Crippen LogP contribution in [0.5, 0.6) is 0 Å². The van der Waals surface area contributed by atoms with Crippen LogP contribution in [0.4, 0.5) is 0 Å². The van der Waals surface area contributed by atoms with Crippen LogP contribution in [0.25, 0.3) is 111 Å². The summed E-state index contributed by atoms with van der Waals surface area (Å²) >= 11 is 0. The van der Waals surface area contributed by atoms with Crippen molar-refractivity contribution < 1.29 is 0 Å². The van der Waals surface area contributed by atoms with Crippen LogP contribution in [0.2, 0.25) is 0 Å². The van der Waals surface area contributed by atoms with E-state index >= 15 is 0 Å². The second-order valence-corrected chi connectivity index (χ2v) is 15.6. The van der Waals surface area contributed by atoms with Gasteiger partial charge in [-0.25, -0.2) is 15.0 Å². The zero-order valence-corrected chi connectivity index (χ0v) is 33.6. The van der Waals surface area contributed by atoms with Gasteiger partial charge in [-0.2, -0.15) is 0 Å². The summed E-state index contributed by atoms with van der Waals surface area (Å²) in [7, 11) is 0. The van der Waals surface area contributed by atoms with E-state index in [1.54, 1.807) is 0 Å². The summed E-state index contributed by atoms with van der Waals surface area (Å²) in [6.07, 6.45) is 0. The Kier molecular flexibility index (Phi) is 8.42. The van der Waals surface area contributed by atoms with E-state index in [1.165, 1.54) is 43.7 Å². The molecule has 9 aromatic carbocycles. The first-order valence-electron chi connectivity index (χ1n) is 20.9. The minimum absolute atomic E-state index is 0.616. The summed E-state index contributed by atoms with van der Waals surface area (Å²) in [5.41, 5.74) is 14.2. The van der Waals surface area contributed by atoms with Crippen LogP contribution in [-0.2, 0) is 0 Å². The third-order valence-corrected chi connectivity index (χ3v) is 12.0. The number of benzene rings is 9. The third kappa shape index (κ3) is 5.98. The SMILES string of the molecule is c1ccc(-c2nc(-c3ccccc3)nc(-c3ccc(-c4ccccc4)c(-n4c5ccccc5c5cc(-c6ccc7c(c6)c6ccccc6n7-c6ccccc6)ccc54)c3)n2)cc1. The standard InChI is InChI=1S/C57H37N5/c1-5-17-38(18-6-1)45-32-29-43(57-59-55(39-19-7-2-8-20-39)58-56(60-57)40-21-9-3-10-22-40)37-54(45)62-51-28-16-14-26-47(51)49-36-42(31-34-53(49)62)41-30-33-52-48(35-41)46-25-13-15-27-50(46)61(52)44-23-11-4-12-24-44/h1-37H. The Labute approximate surface area is 358 Å². The molecule has 0 unspecified atom stereocenters. The van der Waals surface area contributed by atoms with Gasteiger partial charge in [-0.05, 0) is 71.3 Å². The minimum atomic E-state index is 0.616. The lowest BCUT2D eigenvalue weighted by molar-refractivity contribution is 1.07. The van der Waals surface area contributed by atoms with Crippen molar-refractivity contribution in [3.05, 3.63) is 224 Å². The Bertz CT molecular complexity index is 3550. The molecule has 12 aromatic rings. The van der Waals surface area contributed by atoms with E-state index in [4.69, 9.17) is 15.0 Å². The Morgan fingerprint density at radius 3 is 1.21 bits per heavy atom. The summed E-state index contributed by atoms with van der Waals surface area (Å²) in [5.74, 6) is 1.89. The zero-order valence-electron chi connectivity index (χ0n) is 33.6. The molecule has 0 saturated carbocycles. The molecule has 0 N–H and O–H groups in total. The highest BCUT2D eigenvalue weighted by Gasteiger charge is 2.20. The number of hydrogen-bond acceptors (Lipinski definition) is 3. The van der Waals surface area contributed by atoms with Crippen LogP contribution in [0.15, 0.2) is 224 Å². The molecule has 5 heteroatoms. The predicted molar refractivity (Wildman–Crippen MR) is 256 cm³/mol. The highest BCUT2D eigenvalue weighted by molar-refractivity contribution is 6.13. The van der Waals surface area contributed by atoms with Crippen molar-refractivity contribution >= 4 is 43.6 Å². The molecule has 0 aliphatic rings. The third-order valence-electron chi connectivity index (χ3n) is 12.0. The van der Waals surface area contributed by atoms with Gasteiger partial charge >= 0.3 is 0 Å². The maximum atomic E-state index is 5.12. The Hall–Kier alpha value is -8.41. The zero-order chi connectivity index (χ0) is 41.0. The van der Waals surface area contributed by atoms with Gasteiger partial charge in [0.05, 0.1) is 27.8 Å².